The summed E-state index contributed by atoms with van der Waals surface area (Å²) in [5.41, 5.74) is -0.685. The molecule has 178 valence electrons. The smallest absolute Gasteiger partial charge is 0.336 e. The number of rotatable bonds is 6. The lowest BCUT2D eigenvalue weighted by molar-refractivity contribution is -0.105. The van der Waals surface area contributed by atoms with Gasteiger partial charge in [0.2, 0.25) is 6.41 Å². The Morgan fingerprint density at radius 1 is 1.09 bits per heavy atom. The molecule has 11 heteroatoms. The van der Waals surface area contributed by atoms with Crippen molar-refractivity contribution in [2.45, 2.75) is 18.9 Å². The molecule has 1 aliphatic rings. The maximum Gasteiger partial charge on any atom is 0.336 e. The Labute approximate surface area is 211 Å². The monoisotopic (exact) mass is 587 g/mol. The summed E-state index contributed by atoms with van der Waals surface area (Å²) in [6.45, 7) is 0. The van der Waals surface area contributed by atoms with Crippen LogP contribution in [0.1, 0.15) is 18.9 Å². The first kappa shape index (κ1) is 23.0. The molecular weight excluding hydrogens is 568 g/mol. The number of amides is 1. The van der Waals surface area contributed by atoms with E-state index < -0.39 is 22.6 Å². The highest BCUT2D eigenvalue weighted by molar-refractivity contribution is 14.1. The zero-order valence-electron chi connectivity index (χ0n) is 18.4. The number of benzene rings is 2. The van der Waals surface area contributed by atoms with E-state index in [4.69, 9.17) is 0 Å². The molecule has 4 aromatic rings. The van der Waals surface area contributed by atoms with Gasteiger partial charge in [0.25, 0.3) is 11.1 Å². The Bertz CT molecular complexity index is 1690. The van der Waals surface area contributed by atoms with E-state index in [1.807, 2.05) is 22.6 Å². The summed E-state index contributed by atoms with van der Waals surface area (Å²) >= 11 is 1.98. The molecule has 1 aliphatic carbocycles. The van der Waals surface area contributed by atoms with Gasteiger partial charge in [-0.3, -0.25) is 28.1 Å². The van der Waals surface area contributed by atoms with Crippen molar-refractivity contribution in [2.75, 3.05) is 10.6 Å². The second-order valence-electron chi connectivity index (χ2n) is 8.24. The van der Waals surface area contributed by atoms with E-state index in [0.717, 1.165) is 0 Å². The van der Waals surface area contributed by atoms with Crippen molar-refractivity contribution < 1.29 is 9.18 Å². The van der Waals surface area contributed by atoms with E-state index in [1.54, 1.807) is 30.3 Å². The highest BCUT2D eigenvalue weighted by atomic mass is 127. The van der Waals surface area contributed by atoms with Crippen molar-refractivity contribution in [3.05, 3.63) is 89.1 Å². The minimum atomic E-state index is -0.590. The van der Waals surface area contributed by atoms with Crippen LogP contribution in [-0.2, 0) is 11.8 Å². The zero-order chi connectivity index (χ0) is 24.9. The number of hydrogen-bond donors (Lipinski definition) is 2. The SMILES string of the molecule is Cn1c(Nc2ccc(I)cc2F)c2c(=O)n(C3CC3)c(=O)n(-c3cccc(NC=O)c3)c2cc1=O. The normalized spacial score (nSPS) is 13.1. The van der Waals surface area contributed by atoms with Crippen molar-refractivity contribution in [3.63, 3.8) is 0 Å². The molecule has 0 aliphatic heterocycles. The van der Waals surface area contributed by atoms with Crippen molar-refractivity contribution >= 4 is 57.1 Å². The number of nitrogens with zero attached hydrogens (tertiary/aromatic N) is 3. The third-order valence-corrected chi connectivity index (χ3v) is 6.59. The van der Waals surface area contributed by atoms with Gasteiger partial charge in [-0.25, -0.2) is 9.18 Å². The number of fused-ring (bicyclic) bond motifs is 1. The summed E-state index contributed by atoms with van der Waals surface area (Å²) in [5, 5.41) is 5.52. The summed E-state index contributed by atoms with van der Waals surface area (Å²) in [4.78, 5) is 51.1. The van der Waals surface area contributed by atoms with Gasteiger partial charge < -0.3 is 10.6 Å². The second kappa shape index (κ2) is 8.80. The molecule has 2 N–H and O–H groups in total. The van der Waals surface area contributed by atoms with Gasteiger partial charge in [0.15, 0.2) is 0 Å². The lowest BCUT2D eigenvalue weighted by Gasteiger charge is -2.19. The molecular formula is C24H19FIN5O4. The van der Waals surface area contributed by atoms with Gasteiger partial charge in [-0.05, 0) is 71.8 Å². The van der Waals surface area contributed by atoms with Gasteiger partial charge in [-0.2, -0.15) is 0 Å². The van der Waals surface area contributed by atoms with Gasteiger partial charge in [0.05, 0.1) is 16.9 Å². The van der Waals surface area contributed by atoms with Crippen LogP contribution in [0.15, 0.2) is 62.9 Å². The Morgan fingerprint density at radius 2 is 1.86 bits per heavy atom. The number of aromatic nitrogens is 3. The molecule has 0 atom stereocenters. The molecule has 2 aromatic heterocycles. The van der Waals surface area contributed by atoms with Crippen LogP contribution in [0.5, 0.6) is 0 Å². The summed E-state index contributed by atoms with van der Waals surface area (Å²) in [5.74, 6) is -0.479. The number of carbonyl (C=O) groups is 1. The predicted octanol–water partition coefficient (Wildman–Crippen LogP) is 3.24. The van der Waals surface area contributed by atoms with E-state index in [-0.39, 0.29) is 28.5 Å². The third kappa shape index (κ3) is 4.05. The largest absolute Gasteiger partial charge is 0.338 e. The summed E-state index contributed by atoms with van der Waals surface area (Å²) in [7, 11) is 1.47. The Kier molecular flexibility index (Phi) is 5.79. The Hall–Kier alpha value is -3.74. The number of anilines is 3. The Morgan fingerprint density at radius 3 is 2.54 bits per heavy atom. The van der Waals surface area contributed by atoms with E-state index >= 15 is 0 Å². The Balaban J connectivity index is 1.88. The van der Waals surface area contributed by atoms with Crippen LogP contribution in [0.3, 0.4) is 0 Å². The van der Waals surface area contributed by atoms with Crippen LogP contribution in [0.25, 0.3) is 16.6 Å². The molecule has 0 spiro atoms. The summed E-state index contributed by atoms with van der Waals surface area (Å²) in [6, 6.07) is 12.0. The molecule has 1 fully saturated rings. The lowest BCUT2D eigenvalue weighted by Crippen LogP contribution is -2.40. The lowest BCUT2D eigenvalue weighted by atomic mass is 10.2. The molecule has 1 saturated carbocycles. The standard InChI is InChI=1S/C24H19FIN5O4/c1-29-20(33)11-19-21(22(29)28-18-8-5-13(26)9-17(18)25)23(34)31(15-6-7-15)24(35)30(19)16-4-2-3-14(10-16)27-12-32/h2-5,8-12,15,28H,6-7H2,1H3,(H,27,32). The molecule has 2 aromatic carbocycles. The van der Waals surface area contributed by atoms with Gasteiger partial charge in [-0.15, -0.1) is 0 Å². The number of nitrogens with one attached hydrogen (secondary N) is 2. The molecule has 9 nitrogen and oxygen atoms in total. The fraction of sp³-hybridized carbons (Fsp3) is 0.167. The second-order valence-corrected chi connectivity index (χ2v) is 9.48. The van der Waals surface area contributed by atoms with Gasteiger partial charge in [-0.1, -0.05) is 6.07 Å². The molecule has 2 heterocycles. The molecule has 5 rings (SSSR count). The third-order valence-electron chi connectivity index (χ3n) is 5.92. The van der Waals surface area contributed by atoms with Crippen LogP contribution in [0, 0.1) is 9.39 Å². The number of pyridine rings is 1. The molecule has 0 saturated heterocycles. The van der Waals surface area contributed by atoms with Crippen molar-refractivity contribution in [1.82, 2.24) is 13.7 Å². The minimum absolute atomic E-state index is 0.0722. The van der Waals surface area contributed by atoms with Crippen molar-refractivity contribution in [1.29, 1.82) is 0 Å². The van der Waals surface area contributed by atoms with Crippen LogP contribution in [0.2, 0.25) is 0 Å². The highest BCUT2D eigenvalue weighted by Crippen LogP contribution is 2.33. The highest BCUT2D eigenvalue weighted by Gasteiger charge is 2.30. The van der Waals surface area contributed by atoms with Gasteiger partial charge in [0.1, 0.15) is 17.0 Å². The first-order valence-corrected chi connectivity index (χ1v) is 11.8. The quantitative estimate of drug-likeness (QED) is 0.266. The van der Waals surface area contributed by atoms with E-state index in [0.29, 0.717) is 34.2 Å². The fourth-order valence-electron chi connectivity index (χ4n) is 4.06. The molecule has 0 bridgehead atoms. The number of halogens is 2. The summed E-state index contributed by atoms with van der Waals surface area (Å²) in [6.07, 6.45) is 1.86. The number of carbonyl (C=O) groups excluding carboxylic acids is 1. The molecule has 0 radical (unpaired) electrons. The van der Waals surface area contributed by atoms with E-state index in [9.17, 15) is 23.6 Å². The minimum Gasteiger partial charge on any atom is -0.338 e. The van der Waals surface area contributed by atoms with Gasteiger partial charge in [0, 0.05) is 28.4 Å². The van der Waals surface area contributed by atoms with Crippen molar-refractivity contribution in [3.8, 4) is 5.69 Å². The first-order chi connectivity index (χ1) is 16.8. The summed E-state index contributed by atoms with van der Waals surface area (Å²) < 4.78 is 19.1. The van der Waals surface area contributed by atoms with Crippen LogP contribution < -0.4 is 27.4 Å². The fourth-order valence-corrected chi connectivity index (χ4v) is 4.52. The van der Waals surface area contributed by atoms with Crippen LogP contribution in [0.4, 0.5) is 21.6 Å². The van der Waals surface area contributed by atoms with Crippen molar-refractivity contribution in [2.24, 2.45) is 7.05 Å². The van der Waals surface area contributed by atoms with Crippen LogP contribution >= 0.6 is 22.6 Å². The molecule has 0 unspecified atom stereocenters. The first-order valence-electron chi connectivity index (χ1n) is 10.7. The zero-order valence-corrected chi connectivity index (χ0v) is 20.6. The van der Waals surface area contributed by atoms with E-state index in [1.165, 1.54) is 38.9 Å². The van der Waals surface area contributed by atoms with Crippen LogP contribution in [-0.4, -0.2) is 20.1 Å². The maximum absolute atomic E-state index is 14.7. The average molecular weight is 587 g/mol. The average Bonchev–Trinajstić information content (AvgIpc) is 3.64. The molecule has 1 amide bonds. The number of hydrogen-bond acceptors (Lipinski definition) is 5. The topological polar surface area (TPSA) is 107 Å². The van der Waals surface area contributed by atoms with E-state index in [2.05, 4.69) is 10.6 Å². The molecule has 35 heavy (non-hydrogen) atoms. The van der Waals surface area contributed by atoms with Gasteiger partial charge >= 0.3 is 5.69 Å². The predicted molar refractivity (Wildman–Crippen MR) is 139 cm³/mol. The maximum atomic E-state index is 14.7.